The number of nitrogens with zero attached hydrogens (tertiary/aromatic N) is 1. The Balaban J connectivity index is 2.12. The van der Waals surface area contributed by atoms with Crippen LogP contribution < -0.4 is 0 Å². The Kier molecular flexibility index (Phi) is 4.53. The van der Waals surface area contributed by atoms with Gasteiger partial charge in [-0.15, -0.1) is 11.6 Å². The summed E-state index contributed by atoms with van der Waals surface area (Å²) in [5.41, 5.74) is 0.159. The molecule has 1 heterocycles. The minimum atomic E-state index is -0.341. The molecule has 0 saturated carbocycles. The molecular weight excluding hydrogens is 266 g/mol. The molecule has 1 atom stereocenters. The van der Waals surface area contributed by atoms with Crippen molar-refractivity contribution in [3.63, 3.8) is 0 Å². The highest BCUT2D eigenvalue weighted by atomic mass is 35.5. The van der Waals surface area contributed by atoms with Crippen LogP contribution in [0.1, 0.15) is 29.6 Å². The summed E-state index contributed by atoms with van der Waals surface area (Å²) >= 11 is 5.75. The molecule has 0 spiro atoms. The topological polar surface area (TPSA) is 60.8 Å². The lowest BCUT2D eigenvalue weighted by atomic mass is 9.95. The molecule has 1 aliphatic heterocycles. The number of rotatable bonds is 3. The van der Waals surface area contributed by atoms with Crippen molar-refractivity contribution in [1.82, 2.24) is 4.90 Å². The molecule has 19 heavy (non-hydrogen) atoms. The normalized spacial score (nSPS) is 19.4. The van der Waals surface area contributed by atoms with Gasteiger partial charge in [-0.25, -0.2) is 0 Å². The quantitative estimate of drug-likeness (QED) is 0.662. The van der Waals surface area contributed by atoms with Crippen LogP contribution in [0.15, 0.2) is 18.2 Å². The second-order valence-electron chi connectivity index (χ2n) is 4.91. The van der Waals surface area contributed by atoms with Gasteiger partial charge in [0.2, 0.25) is 0 Å². The van der Waals surface area contributed by atoms with Gasteiger partial charge in [-0.05, 0) is 37.3 Å². The van der Waals surface area contributed by atoms with Gasteiger partial charge in [0.15, 0.2) is 11.5 Å². The fourth-order valence-corrected chi connectivity index (χ4v) is 2.82. The number of hydrogen-bond acceptors (Lipinski definition) is 3. The van der Waals surface area contributed by atoms with Crippen molar-refractivity contribution >= 4 is 17.5 Å². The number of phenols is 2. The summed E-state index contributed by atoms with van der Waals surface area (Å²) in [6, 6.07) is 4.45. The molecule has 2 N–H and O–H groups in total. The van der Waals surface area contributed by atoms with Crippen molar-refractivity contribution in [2.24, 2.45) is 5.92 Å². The van der Waals surface area contributed by atoms with E-state index in [4.69, 9.17) is 11.6 Å². The van der Waals surface area contributed by atoms with E-state index in [1.807, 2.05) is 0 Å². The van der Waals surface area contributed by atoms with E-state index in [9.17, 15) is 15.0 Å². The van der Waals surface area contributed by atoms with Gasteiger partial charge in [0.25, 0.3) is 5.91 Å². The lowest BCUT2D eigenvalue weighted by Crippen LogP contribution is -2.40. The van der Waals surface area contributed by atoms with Crippen LogP contribution in [-0.2, 0) is 0 Å². The molecule has 2 rings (SSSR count). The number of carbonyl (C=O) groups is 1. The van der Waals surface area contributed by atoms with Crippen molar-refractivity contribution < 1.29 is 15.0 Å². The van der Waals surface area contributed by atoms with Gasteiger partial charge in [0.05, 0.1) is 5.56 Å². The molecule has 0 bridgehead atoms. The lowest BCUT2D eigenvalue weighted by molar-refractivity contribution is 0.0668. The Morgan fingerprint density at radius 2 is 2.21 bits per heavy atom. The van der Waals surface area contributed by atoms with Crippen LogP contribution in [0, 0.1) is 5.92 Å². The van der Waals surface area contributed by atoms with Gasteiger partial charge >= 0.3 is 0 Å². The van der Waals surface area contributed by atoms with Gasteiger partial charge in [-0.2, -0.15) is 0 Å². The number of halogens is 1. The van der Waals surface area contributed by atoms with E-state index in [0.29, 0.717) is 24.9 Å². The first-order valence-corrected chi connectivity index (χ1v) is 7.03. The van der Waals surface area contributed by atoms with E-state index in [1.54, 1.807) is 11.0 Å². The highest BCUT2D eigenvalue weighted by Gasteiger charge is 2.26. The fraction of sp³-hybridized carbons (Fsp3) is 0.500. The number of aromatic hydroxyl groups is 2. The van der Waals surface area contributed by atoms with Gasteiger partial charge in [0.1, 0.15) is 0 Å². The molecular formula is C14H18ClNO3. The predicted molar refractivity (Wildman–Crippen MR) is 73.7 cm³/mol. The van der Waals surface area contributed by atoms with Crippen molar-refractivity contribution in [2.75, 3.05) is 19.0 Å². The maximum Gasteiger partial charge on any atom is 0.257 e. The highest BCUT2D eigenvalue weighted by molar-refractivity contribution is 6.17. The van der Waals surface area contributed by atoms with Gasteiger partial charge in [0, 0.05) is 19.0 Å². The second kappa shape index (κ2) is 6.15. The van der Waals surface area contributed by atoms with Crippen LogP contribution in [0.5, 0.6) is 11.5 Å². The Bertz CT molecular complexity index is 462. The third-order valence-corrected chi connectivity index (χ3v) is 3.79. The van der Waals surface area contributed by atoms with E-state index in [2.05, 4.69) is 0 Å². The molecule has 0 aliphatic carbocycles. The van der Waals surface area contributed by atoms with Crippen LogP contribution >= 0.6 is 11.6 Å². The minimum Gasteiger partial charge on any atom is -0.504 e. The molecule has 1 fully saturated rings. The Hall–Kier alpha value is -1.42. The summed E-state index contributed by atoms with van der Waals surface area (Å²) in [7, 11) is 0. The Morgan fingerprint density at radius 1 is 1.42 bits per heavy atom. The van der Waals surface area contributed by atoms with Crippen molar-refractivity contribution in [2.45, 2.75) is 19.3 Å². The summed E-state index contributed by atoms with van der Waals surface area (Å²) in [5, 5.41) is 19.2. The minimum absolute atomic E-state index is 0.159. The first-order valence-electron chi connectivity index (χ1n) is 6.49. The van der Waals surface area contributed by atoms with Crippen molar-refractivity contribution in [3.05, 3.63) is 23.8 Å². The summed E-state index contributed by atoms with van der Waals surface area (Å²) in [5.74, 6) is 0.193. The zero-order chi connectivity index (χ0) is 13.8. The summed E-state index contributed by atoms with van der Waals surface area (Å²) in [6.45, 7) is 1.35. The molecule has 1 unspecified atom stereocenters. The van der Waals surface area contributed by atoms with Gasteiger partial charge in [-0.1, -0.05) is 6.07 Å². The van der Waals surface area contributed by atoms with Crippen LogP contribution in [-0.4, -0.2) is 40.0 Å². The second-order valence-corrected chi connectivity index (χ2v) is 5.29. The first kappa shape index (κ1) is 14.0. The molecule has 4 nitrogen and oxygen atoms in total. The van der Waals surface area contributed by atoms with Crippen LogP contribution in [0.4, 0.5) is 0 Å². The van der Waals surface area contributed by atoms with E-state index in [0.717, 1.165) is 19.3 Å². The molecule has 1 aliphatic rings. The average Bonchev–Trinajstić information content (AvgIpc) is 2.42. The largest absolute Gasteiger partial charge is 0.504 e. The summed E-state index contributed by atoms with van der Waals surface area (Å²) in [6.07, 6.45) is 2.94. The number of carbonyl (C=O) groups excluding carboxylic acids is 1. The highest BCUT2D eigenvalue weighted by Crippen LogP contribution is 2.30. The smallest absolute Gasteiger partial charge is 0.257 e. The number of hydrogen-bond donors (Lipinski definition) is 2. The lowest BCUT2D eigenvalue weighted by Gasteiger charge is -2.32. The molecule has 1 aromatic carbocycles. The SMILES string of the molecule is O=C(c1cccc(O)c1O)N1CCCC(CCCl)C1. The van der Waals surface area contributed by atoms with E-state index in [1.165, 1.54) is 12.1 Å². The Morgan fingerprint density at radius 3 is 2.95 bits per heavy atom. The number of para-hydroxylation sites is 1. The monoisotopic (exact) mass is 283 g/mol. The van der Waals surface area contributed by atoms with Gasteiger partial charge in [-0.3, -0.25) is 4.79 Å². The molecule has 1 saturated heterocycles. The zero-order valence-corrected chi connectivity index (χ0v) is 11.4. The number of likely N-dealkylation sites (tertiary alicyclic amines) is 1. The number of benzene rings is 1. The Labute approximate surface area is 117 Å². The number of alkyl halides is 1. The third kappa shape index (κ3) is 3.13. The van der Waals surface area contributed by atoms with E-state index >= 15 is 0 Å². The molecule has 5 heteroatoms. The van der Waals surface area contributed by atoms with E-state index in [-0.39, 0.29) is 23.0 Å². The zero-order valence-electron chi connectivity index (χ0n) is 10.7. The molecule has 0 aromatic heterocycles. The van der Waals surface area contributed by atoms with Crippen LogP contribution in [0.3, 0.4) is 0 Å². The predicted octanol–water partition coefficient (Wildman–Crippen LogP) is 2.58. The molecule has 1 amide bonds. The molecule has 0 radical (unpaired) electrons. The number of amides is 1. The summed E-state index contributed by atoms with van der Waals surface area (Å²) in [4.78, 5) is 14.1. The molecule has 104 valence electrons. The fourth-order valence-electron chi connectivity index (χ4n) is 2.51. The maximum absolute atomic E-state index is 12.3. The van der Waals surface area contributed by atoms with Crippen molar-refractivity contribution in [1.29, 1.82) is 0 Å². The van der Waals surface area contributed by atoms with Crippen LogP contribution in [0.25, 0.3) is 0 Å². The van der Waals surface area contributed by atoms with Gasteiger partial charge < -0.3 is 15.1 Å². The van der Waals surface area contributed by atoms with Crippen LogP contribution in [0.2, 0.25) is 0 Å². The standard InChI is InChI=1S/C14H18ClNO3/c15-7-6-10-3-2-8-16(9-10)14(19)11-4-1-5-12(17)13(11)18/h1,4-5,10,17-18H,2-3,6-9H2. The van der Waals surface area contributed by atoms with E-state index < -0.39 is 0 Å². The average molecular weight is 284 g/mol. The first-order chi connectivity index (χ1) is 9.13. The third-order valence-electron chi connectivity index (χ3n) is 3.57. The number of piperidine rings is 1. The maximum atomic E-state index is 12.3. The summed E-state index contributed by atoms with van der Waals surface area (Å²) < 4.78 is 0. The number of phenolic OH excluding ortho intramolecular Hbond substituents is 2. The molecule has 1 aromatic rings. The van der Waals surface area contributed by atoms with Crippen molar-refractivity contribution in [3.8, 4) is 11.5 Å².